The van der Waals surface area contributed by atoms with Crippen LogP contribution in [0.5, 0.6) is 0 Å². The number of aromatic nitrogens is 4. The summed E-state index contributed by atoms with van der Waals surface area (Å²) in [5, 5.41) is 11.2. The summed E-state index contributed by atoms with van der Waals surface area (Å²) in [5.41, 5.74) is 9.57. The lowest BCUT2D eigenvalue weighted by atomic mass is 10.2. The topological polar surface area (TPSA) is 69.6 Å². The van der Waals surface area contributed by atoms with E-state index in [0.29, 0.717) is 6.54 Å². The molecule has 2 aromatic heterocycles. The standard InChI is InChI=1S/C14H15N5S/c1-10-12(7-8-15)17-18-19(10)14-16-13(9-20-14)11-5-3-2-4-6-11/h2-6,9H,7-8,15H2,1H3. The highest BCUT2D eigenvalue weighted by atomic mass is 32.1. The third-order valence-electron chi connectivity index (χ3n) is 3.11. The number of nitrogens with two attached hydrogens (primary N) is 1. The predicted octanol–water partition coefficient (Wildman–Crippen LogP) is 2.20. The Bertz CT molecular complexity index is 701. The van der Waals surface area contributed by atoms with E-state index in [4.69, 9.17) is 5.73 Å². The van der Waals surface area contributed by atoms with Crippen LogP contribution in [0.1, 0.15) is 11.4 Å². The van der Waals surface area contributed by atoms with Crippen molar-refractivity contribution < 1.29 is 0 Å². The van der Waals surface area contributed by atoms with Gasteiger partial charge in [0, 0.05) is 17.4 Å². The van der Waals surface area contributed by atoms with Gasteiger partial charge in [-0.05, 0) is 13.5 Å². The van der Waals surface area contributed by atoms with Crippen molar-refractivity contribution in [3.05, 3.63) is 47.1 Å². The van der Waals surface area contributed by atoms with Crippen molar-refractivity contribution in [3.63, 3.8) is 0 Å². The number of hydrogen-bond donors (Lipinski definition) is 1. The molecular formula is C14H15N5S. The first kappa shape index (κ1) is 13.0. The minimum Gasteiger partial charge on any atom is -0.330 e. The Morgan fingerprint density at radius 1 is 1.25 bits per heavy atom. The van der Waals surface area contributed by atoms with E-state index in [-0.39, 0.29) is 0 Å². The van der Waals surface area contributed by atoms with Crippen LogP contribution < -0.4 is 5.73 Å². The van der Waals surface area contributed by atoms with Gasteiger partial charge in [0.2, 0.25) is 5.13 Å². The molecule has 3 aromatic rings. The molecule has 0 atom stereocenters. The number of thiazole rings is 1. The maximum absolute atomic E-state index is 5.57. The quantitative estimate of drug-likeness (QED) is 0.798. The number of nitrogens with zero attached hydrogens (tertiary/aromatic N) is 4. The molecule has 5 nitrogen and oxygen atoms in total. The summed E-state index contributed by atoms with van der Waals surface area (Å²) in [6.45, 7) is 2.57. The van der Waals surface area contributed by atoms with E-state index in [1.807, 2.05) is 42.6 Å². The molecule has 0 aliphatic carbocycles. The number of rotatable bonds is 4. The van der Waals surface area contributed by atoms with E-state index in [1.54, 1.807) is 16.0 Å². The van der Waals surface area contributed by atoms with Crippen molar-refractivity contribution in [3.8, 4) is 16.4 Å². The molecule has 0 saturated carbocycles. The highest BCUT2D eigenvalue weighted by Crippen LogP contribution is 2.24. The second-order valence-electron chi connectivity index (χ2n) is 4.45. The summed E-state index contributed by atoms with van der Waals surface area (Å²) >= 11 is 1.56. The first-order valence-corrected chi connectivity index (χ1v) is 7.30. The minimum absolute atomic E-state index is 0.576. The molecule has 20 heavy (non-hydrogen) atoms. The molecule has 102 valence electrons. The molecule has 2 N–H and O–H groups in total. The van der Waals surface area contributed by atoms with Gasteiger partial charge in [-0.25, -0.2) is 4.98 Å². The van der Waals surface area contributed by atoms with Crippen LogP contribution in [0.15, 0.2) is 35.7 Å². The zero-order valence-corrected chi connectivity index (χ0v) is 12.0. The van der Waals surface area contributed by atoms with Gasteiger partial charge in [-0.15, -0.1) is 16.4 Å². The molecule has 0 fully saturated rings. The van der Waals surface area contributed by atoms with Gasteiger partial charge in [-0.3, -0.25) is 0 Å². The zero-order chi connectivity index (χ0) is 13.9. The van der Waals surface area contributed by atoms with Crippen molar-refractivity contribution in [2.45, 2.75) is 13.3 Å². The highest BCUT2D eigenvalue weighted by Gasteiger charge is 2.13. The number of benzene rings is 1. The van der Waals surface area contributed by atoms with Gasteiger partial charge in [-0.1, -0.05) is 35.5 Å². The van der Waals surface area contributed by atoms with Crippen LogP contribution in [-0.4, -0.2) is 26.5 Å². The van der Waals surface area contributed by atoms with Crippen LogP contribution in [0.4, 0.5) is 0 Å². The molecule has 0 radical (unpaired) electrons. The van der Waals surface area contributed by atoms with E-state index < -0.39 is 0 Å². The zero-order valence-electron chi connectivity index (χ0n) is 11.2. The lowest BCUT2D eigenvalue weighted by molar-refractivity contribution is 0.777. The Labute approximate surface area is 121 Å². The average molecular weight is 285 g/mol. The first-order chi connectivity index (χ1) is 9.79. The smallest absolute Gasteiger partial charge is 0.212 e. The van der Waals surface area contributed by atoms with Crippen LogP contribution in [-0.2, 0) is 6.42 Å². The van der Waals surface area contributed by atoms with Gasteiger partial charge >= 0.3 is 0 Å². The molecule has 1 aromatic carbocycles. The summed E-state index contributed by atoms with van der Waals surface area (Å²) in [4.78, 5) is 4.63. The summed E-state index contributed by atoms with van der Waals surface area (Å²) in [6, 6.07) is 10.1. The summed E-state index contributed by atoms with van der Waals surface area (Å²) in [5.74, 6) is 0. The Kier molecular flexibility index (Phi) is 3.58. The van der Waals surface area contributed by atoms with Crippen LogP contribution in [0.2, 0.25) is 0 Å². The molecule has 3 rings (SSSR count). The molecule has 0 saturated heterocycles. The van der Waals surface area contributed by atoms with Crippen LogP contribution in [0, 0.1) is 6.92 Å². The highest BCUT2D eigenvalue weighted by molar-refractivity contribution is 7.12. The SMILES string of the molecule is Cc1c(CCN)nnn1-c1nc(-c2ccccc2)cs1. The Balaban J connectivity index is 1.94. The average Bonchev–Trinajstić information content (AvgIpc) is 3.08. The van der Waals surface area contributed by atoms with Crippen molar-refractivity contribution in [2.24, 2.45) is 5.73 Å². The fourth-order valence-corrected chi connectivity index (χ4v) is 2.84. The lowest BCUT2D eigenvalue weighted by Gasteiger charge is -1.98. The van der Waals surface area contributed by atoms with Crippen LogP contribution in [0.3, 0.4) is 0 Å². The Morgan fingerprint density at radius 2 is 2.05 bits per heavy atom. The van der Waals surface area contributed by atoms with Crippen molar-refractivity contribution in [1.82, 2.24) is 20.0 Å². The fourth-order valence-electron chi connectivity index (χ4n) is 2.01. The molecule has 0 unspecified atom stereocenters. The molecule has 0 bridgehead atoms. The second kappa shape index (κ2) is 5.52. The van der Waals surface area contributed by atoms with Gasteiger partial charge in [0.1, 0.15) is 0 Å². The van der Waals surface area contributed by atoms with E-state index in [1.165, 1.54) is 0 Å². The minimum atomic E-state index is 0.576. The predicted molar refractivity (Wildman–Crippen MR) is 80.0 cm³/mol. The Hall–Kier alpha value is -2.05. The fraction of sp³-hybridized carbons (Fsp3) is 0.214. The molecule has 0 aliphatic heterocycles. The van der Waals surface area contributed by atoms with Crippen LogP contribution in [0.25, 0.3) is 16.4 Å². The molecular weight excluding hydrogens is 270 g/mol. The van der Waals surface area contributed by atoms with Gasteiger partial charge in [0.05, 0.1) is 17.1 Å². The molecule has 0 aliphatic rings. The Morgan fingerprint density at radius 3 is 2.80 bits per heavy atom. The molecule has 6 heteroatoms. The largest absolute Gasteiger partial charge is 0.330 e. The summed E-state index contributed by atoms with van der Waals surface area (Å²) in [6.07, 6.45) is 0.739. The van der Waals surface area contributed by atoms with Gasteiger partial charge in [-0.2, -0.15) is 4.68 Å². The number of hydrogen-bond acceptors (Lipinski definition) is 5. The lowest BCUT2D eigenvalue weighted by Crippen LogP contribution is -2.05. The van der Waals surface area contributed by atoms with Crippen molar-refractivity contribution in [2.75, 3.05) is 6.54 Å². The third-order valence-corrected chi connectivity index (χ3v) is 3.93. The molecule has 0 amide bonds. The monoisotopic (exact) mass is 285 g/mol. The normalized spacial score (nSPS) is 10.9. The van der Waals surface area contributed by atoms with E-state index >= 15 is 0 Å². The van der Waals surface area contributed by atoms with Crippen molar-refractivity contribution >= 4 is 11.3 Å². The first-order valence-electron chi connectivity index (χ1n) is 6.42. The maximum Gasteiger partial charge on any atom is 0.212 e. The summed E-state index contributed by atoms with van der Waals surface area (Å²) < 4.78 is 1.78. The van der Waals surface area contributed by atoms with Gasteiger partial charge in [0.15, 0.2) is 0 Å². The summed E-state index contributed by atoms with van der Waals surface area (Å²) in [7, 11) is 0. The maximum atomic E-state index is 5.57. The van der Waals surface area contributed by atoms with Gasteiger partial charge in [0.25, 0.3) is 0 Å². The van der Waals surface area contributed by atoms with Crippen molar-refractivity contribution in [1.29, 1.82) is 0 Å². The van der Waals surface area contributed by atoms with E-state index in [0.717, 1.165) is 34.2 Å². The van der Waals surface area contributed by atoms with E-state index in [9.17, 15) is 0 Å². The third kappa shape index (κ3) is 2.35. The molecule has 0 spiro atoms. The second-order valence-corrected chi connectivity index (χ2v) is 5.29. The molecule has 2 heterocycles. The van der Waals surface area contributed by atoms with Crippen LogP contribution >= 0.6 is 11.3 Å². The van der Waals surface area contributed by atoms with Gasteiger partial charge < -0.3 is 5.73 Å². The van der Waals surface area contributed by atoms with E-state index in [2.05, 4.69) is 15.3 Å².